The summed E-state index contributed by atoms with van der Waals surface area (Å²) in [6.07, 6.45) is 2.65. The van der Waals surface area contributed by atoms with Crippen LogP contribution in [0.3, 0.4) is 0 Å². The number of carbonyl (C=O) groups excluding carboxylic acids is 1. The van der Waals surface area contributed by atoms with Crippen LogP contribution in [0.2, 0.25) is 0 Å². The molecule has 0 saturated heterocycles. The van der Waals surface area contributed by atoms with Gasteiger partial charge in [-0.05, 0) is 40.9 Å². The summed E-state index contributed by atoms with van der Waals surface area (Å²) in [6.45, 7) is -0.0390. The Morgan fingerprint density at radius 2 is 2.31 bits per heavy atom. The second kappa shape index (κ2) is 4.47. The summed E-state index contributed by atoms with van der Waals surface area (Å²) in [4.78, 5) is 13.9. The molecular formula is C11H14BrNO2S. The average Bonchev–Trinajstić information content (AvgIpc) is 2.63. The van der Waals surface area contributed by atoms with Gasteiger partial charge in [-0.3, -0.25) is 4.79 Å². The predicted molar refractivity (Wildman–Crippen MR) is 68.8 cm³/mol. The fraction of sp³-hybridized carbons (Fsp3) is 0.545. The van der Waals surface area contributed by atoms with E-state index in [9.17, 15) is 9.90 Å². The number of thiophene rings is 1. The third kappa shape index (κ3) is 1.92. The quantitative estimate of drug-likeness (QED) is 0.932. The zero-order valence-electron chi connectivity index (χ0n) is 9.07. The summed E-state index contributed by atoms with van der Waals surface area (Å²) in [5.41, 5.74) is -0.509. The maximum atomic E-state index is 12.2. The molecule has 1 aromatic heterocycles. The maximum absolute atomic E-state index is 12.2. The van der Waals surface area contributed by atoms with Gasteiger partial charge in [0.05, 0.1) is 20.8 Å². The molecule has 0 unspecified atom stereocenters. The van der Waals surface area contributed by atoms with E-state index in [2.05, 4.69) is 15.9 Å². The fourth-order valence-electron chi connectivity index (χ4n) is 1.98. The van der Waals surface area contributed by atoms with Gasteiger partial charge in [-0.2, -0.15) is 0 Å². The molecule has 0 radical (unpaired) electrons. The Morgan fingerprint density at radius 1 is 1.62 bits per heavy atom. The first-order chi connectivity index (χ1) is 7.59. The number of rotatable bonds is 3. The smallest absolute Gasteiger partial charge is 0.235 e. The van der Waals surface area contributed by atoms with E-state index in [0.717, 1.165) is 28.0 Å². The SMILES string of the molecule is CN(C(=O)C1(CO)CCC1)c1ccc(Br)s1. The normalized spacial score (nSPS) is 17.9. The standard InChI is InChI=1S/C11H14BrNO2S/c1-13(9-4-3-8(12)16-9)10(15)11(7-14)5-2-6-11/h3-4,14H,2,5-7H2,1H3. The van der Waals surface area contributed by atoms with Gasteiger partial charge in [-0.15, -0.1) is 11.3 Å². The minimum atomic E-state index is -0.509. The minimum Gasteiger partial charge on any atom is -0.395 e. The Labute approximate surface area is 107 Å². The number of aliphatic hydroxyl groups excluding tert-OH is 1. The Hall–Kier alpha value is -0.390. The Bertz CT molecular complexity index is 395. The number of nitrogens with zero attached hydrogens (tertiary/aromatic N) is 1. The molecule has 88 valence electrons. The molecule has 1 heterocycles. The number of amides is 1. The topological polar surface area (TPSA) is 40.5 Å². The Morgan fingerprint density at radius 3 is 2.69 bits per heavy atom. The zero-order valence-corrected chi connectivity index (χ0v) is 11.5. The van der Waals surface area contributed by atoms with Crippen molar-refractivity contribution in [2.24, 2.45) is 5.41 Å². The van der Waals surface area contributed by atoms with Crippen LogP contribution in [0.15, 0.2) is 15.9 Å². The summed E-state index contributed by atoms with van der Waals surface area (Å²) in [7, 11) is 1.77. The molecule has 1 aromatic rings. The van der Waals surface area contributed by atoms with Crippen molar-refractivity contribution in [3.05, 3.63) is 15.9 Å². The Kier molecular flexibility index (Phi) is 3.37. The van der Waals surface area contributed by atoms with Gasteiger partial charge in [0.25, 0.3) is 0 Å². The van der Waals surface area contributed by atoms with Crippen molar-refractivity contribution in [3.8, 4) is 0 Å². The molecule has 0 atom stereocenters. The van der Waals surface area contributed by atoms with Crippen molar-refractivity contribution >= 4 is 38.2 Å². The van der Waals surface area contributed by atoms with Gasteiger partial charge in [0.1, 0.15) is 0 Å². The highest BCUT2D eigenvalue weighted by molar-refractivity contribution is 9.11. The third-order valence-corrected chi connectivity index (χ3v) is 4.96. The molecule has 1 amide bonds. The molecule has 16 heavy (non-hydrogen) atoms. The van der Waals surface area contributed by atoms with Crippen molar-refractivity contribution in [2.75, 3.05) is 18.6 Å². The molecule has 1 aliphatic carbocycles. The van der Waals surface area contributed by atoms with Gasteiger partial charge in [0.15, 0.2) is 0 Å². The first-order valence-corrected chi connectivity index (χ1v) is 6.84. The van der Waals surface area contributed by atoms with E-state index >= 15 is 0 Å². The highest BCUT2D eigenvalue weighted by atomic mass is 79.9. The van der Waals surface area contributed by atoms with Gasteiger partial charge in [-0.25, -0.2) is 0 Å². The van der Waals surface area contributed by atoms with Crippen LogP contribution in [0, 0.1) is 5.41 Å². The van der Waals surface area contributed by atoms with E-state index in [1.807, 2.05) is 12.1 Å². The number of halogens is 1. The third-order valence-electron chi connectivity index (χ3n) is 3.26. The molecule has 1 aliphatic rings. The maximum Gasteiger partial charge on any atom is 0.235 e. The van der Waals surface area contributed by atoms with Crippen molar-refractivity contribution < 1.29 is 9.90 Å². The monoisotopic (exact) mass is 303 g/mol. The summed E-state index contributed by atoms with van der Waals surface area (Å²) in [5, 5.41) is 10.3. The molecule has 0 bridgehead atoms. The average molecular weight is 304 g/mol. The molecule has 0 spiro atoms. The summed E-state index contributed by atoms with van der Waals surface area (Å²) >= 11 is 4.90. The van der Waals surface area contributed by atoms with E-state index in [4.69, 9.17) is 0 Å². The summed E-state index contributed by atoms with van der Waals surface area (Å²) in [5.74, 6) is 0.0376. The van der Waals surface area contributed by atoms with Crippen LogP contribution in [-0.2, 0) is 4.79 Å². The van der Waals surface area contributed by atoms with Crippen LogP contribution in [0.5, 0.6) is 0 Å². The van der Waals surface area contributed by atoms with Crippen LogP contribution < -0.4 is 4.90 Å². The number of hydrogen-bond donors (Lipinski definition) is 1. The highest BCUT2D eigenvalue weighted by Crippen LogP contribution is 2.43. The molecule has 3 nitrogen and oxygen atoms in total. The lowest BCUT2D eigenvalue weighted by atomic mass is 9.68. The number of aliphatic hydroxyl groups is 1. The summed E-state index contributed by atoms with van der Waals surface area (Å²) in [6, 6.07) is 3.84. The van der Waals surface area contributed by atoms with Gasteiger partial charge in [0.2, 0.25) is 5.91 Å². The lowest BCUT2D eigenvalue weighted by molar-refractivity contribution is -0.136. The number of hydrogen-bond acceptors (Lipinski definition) is 3. The minimum absolute atomic E-state index is 0.0376. The lowest BCUT2D eigenvalue weighted by Gasteiger charge is -2.40. The van der Waals surface area contributed by atoms with Crippen molar-refractivity contribution in [3.63, 3.8) is 0 Å². The van der Waals surface area contributed by atoms with Gasteiger partial charge in [-0.1, -0.05) is 6.42 Å². The van der Waals surface area contributed by atoms with E-state index < -0.39 is 5.41 Å². The van der Waals surface area contributed by atoms with E-state index in [1.54, 1.807) is 11.9 Å². The van der Waals surface area contributed by atoms with Gasteiger partial charge >= 0.3 is 0 Å². The van der Waals surface area contributed by atoms with E-state index in [1.165, 1.54) is 11.3 Å². The molecule has 5 heteroatoms. The van der Waals surface area contributed by atoms with Crippen LogP contribution in [0.25, 0.3) is 0 Å². The zero-order chi connectivity index (χ0) is 11.8. The van der Waals surface area contributed by atoms with Crippen molar-refractivity contribution in [1.82, 2.24) is 0 Å². The van der Waals surface area contributed by atoms with Crippen molar-refractivity contribution in [1.29, 1.82) is 0 Å². The fourth-order valence-corrected chi connectivity index (χ4v) is 3.31. The van der Waals surface area contributed by atoms with E-state index in [-0.39, 0.29) is 12.5 Å². The molecule has 1 saturated carbocycles. The second-order valence-electron chi connectivity index (χ2n) is 4.23. The second-order valence-corrected chi connectivity index (χ2v) is 6.68. The largest absolute Gasteiger partial charge is 0.395 e. The van der Waals surface area contributed by atoms with E-state index in [0.29, 0.717) is 0 Å². The summed E-state index contributed by atoms with van der Waals surface area (Å²) < 4.78 is 1.01. The molecule has 1 N–H and O–H groups in total. The van der Waals surface area contributed by atoms with Gasteiger partial charge < -0.3 is 10.0 Å². The van der Waals surface area contributed by atoms with Crippen molar-refractivity contribution in [2.45, 2.75) is 19.3 Å². The molecule has 1 fully saturated rings. The molecule has 0 aliphatic heterocycles. The number of anilines is 1. The number of carbonyl (C=O) groups is 1. The highest BCUT2D eigenvalue weighted by Gasteiger charge is 2.45. The van der Waals surface area contributed by atoms with Crippen LogP contribution in [-0.4, -0.2) is 24.7 Å². The predicted octanol–water partition coefficient (Wildman–Crippen LogP) is 2.64. The van der Waals surface area contributed by atoms with Crippen LogP contribution in [0.1, 0.15) is 19.3 Å². The first kappa shape index (κ1) is 12.1. The molecule has 0 aromatic carbocycles. The molecular weight excluding hydrogens is 290 g/mol. The van der Waals surface area contributed by atoms with Crippen LogP contribution in [0.4, 0.5) is 5.00 Å². The molecule has 2 rings (SSSR count). The van der Waals surface area contributed by atoms with Gasteiger partial charge in [0, 0.05) is 7.05 Å². The Balaban J connectivity index is 2.15. The first-order valence-electron chi connectivity index (χ1n) is 5.23. The van der Waals surface area contributed by atoms with Crippen LogP contribution >= 0.6 is 27.3 Å². The lowest BCUT2D eigenvalue weighted by Crippen LogP contribution is -2.48.